The average Bonchev–Trinajstić information content (AvgIpc) is 3.26. The van der Waals surface area contributed by atoms with E-state index in [1.54, 1.807) is 11.3 Å². The van der Waals surface area contributed by atoms with Crippen molar-refractivity contribution in [2.24, 2.45) is 0 Å². The van der Waals surface area contributed by atoms with Crippen LogP contribution in [0.5, 0.6) is 0 Å². The first-order valence-electron chi connectivity index (χ1n) is 9.81. The molecule has 3 heterocycles. The molecule has 1 aliphatic rings. The number of hydrogen-bond donors (Lipinski definition) is 1. The molecular formula is C21H27N5S. The first-order valence-corrected chi connectivity index (χ1v) is 10.8. The lowest BCUT2D eigenvalue weighted by Crippen LogP contribution is -2.46. The molecule has 0 spiro atoms. The van der Waals surface area contributed by atoms with Crippen molar-refractivity contribution < 1.29 is 0 Å². The molecule has 0 atom stereocenters. The van der Waals surface area contributed by atoms with Gasteiger partial charge in [-0.25, -0.2) is 9.97 Å². The highest BCUT2D eigenvalue weighted by Gasteiger charge is 2.15. The summed E-state index contributed by atoms with van der Waals surface area (Å²) >= 11 is 1.68. The van der Waals surface area contributed by atoms with Gasteiger partial charge in [0.2, 0.25) is 0 Å². The summed E-state index contributed by atoms with van der Waals surface area (Å²) in [6.07, 6.45) is 1.12. The monoisotopic (exact) mass is 381 g/mol. The van der Waals surface area contributed by atoms with E-state index in [-0.39, 0.29) is 0 Å². The van der Waals surface area contributed by atoms with Crippen LogP contribution in [0.3, 0.4) is 0 Å². The Morgan fingerprint density at radius 2 is 1.85 bits per heavy atom. The number of fused-ring (bicyclic) bond motifs is 1. The van der Waals surface area contributed by atoms with Gasteiger partial charge in [0.05, 0.1) is 5.52 Å². The molecule has 0 aliphatic carbocycles. The number of nitrogens with one attached hydrogen (secondary N) is 1. The topological polar surface area (TPSA) is 44.3 Å². The molecule has 2 aromatic heterocycles. The van der Waals surface area contributed by atoms with Gasteiger partial charge in [0.1, 0.15) is 5.82 Å². The predicted molar refractivity (Wildman–Crippen MR) is 115 cm³/mol. The van der Waals surface area contributed by atoms with Crippen molar-refractivity contribution >= 4 is 28.1 Å². The molecule has 142 valence electrons. The SMILES string of the molecule is CCN1CCN(CCCNc2nc(-c3ccsc3)nc3ccccc23)CC1. The Morgan fingerprint density at radius 1 is 1.04 bits per heavy atom. The van der Waals surface area contributed by atoms with Crippen LogP contribution in [-0.2, 0) is 0 Å². The summed E-state index contributed by atoms with van der Waals surface area (Å²) in [6.45, 7) is 10.3. The Bertz CT molecular complexity index is 856. The van der Waals surface area contributed by atoms with Crippen molar-refractivity contribution in [2.75, 3.05) is 51.1 Å². The molecular weight excluding hydrogens is 354 g/mol. The third-order valence-corrected chi connectivity index (χ3v) is 5.92. The first kappa shape index (κ1) is 18.3. The van der Waals surface area contributed by atoms with Gasteiger partial charge in [-0.15, -0.1) is 0 Å². The third-order valence-electron chi connectivity index (χ3n) is 5.24. The van der Waals surface area contributed by atoms with E-state index in [1.165, 1.54) is 32.7 Å². The number of hydrogen-bond acceptors (Lipinski definition) is 6. The van der Waals surface area contributed by atoms with Crippen molar-refractivity contribution in [3.05, 3.63) is 41.1 Å². The zero-order valence-electron chi connectivity index (χ0n) is 15.9. The highest BCUT2D eigenvalue weighted by Crippen LogP contribution is 2.26. The first-order chi connectivity index (χ1) is 13.3. The quantitative estimate of drug-likeness (QED) is 0.631. The Balaban J connectivity index is 1.39. The van der Waals surface area contributed by atoms with Gasteiger partial charge in [-0.3, -0.25) is 0 Å². The molecule has 0 amide bonds. The molecule has 0 unspecified atom stereocenters. The smallest absolute Gasteiger partial charge is 0.162 e. The normalized spacial score (nSPS) is 16.0. The number of aromatic nitrogens is 2. The van der Waals surface area contributed by atoms with E-state index in [2.05, 4.69) is 51.0 Å². The Morgan fingerprint density at radius 3 is 2.63 bits per heavy atom. The molecule has 1 N–H and O–H groups in total. The van der Waals surface area contributed by atoms with Crippen LogP contribution in [0.1, 0.15) is 13.3 Å². The molecule has 0 bridgehead atoms. The lowest BCUT2D eigenvalue weighted by molar-refractivity contribution is 0.137. The van der Waals surface area contributed by atoms with E-state index in [0.717, 1.165) is 47.6 Å². The van der Waals surface area contributed by atoms with E-state index in [1.807, 2.05) is 12.1 Å². The Labute approximate surface area is 165 Å². The van der Waals surface area contributed by atoms with Gasteiger partial charge in [-0.05, 0) is 43.1 Å². The van der Waals surface area contributed by atoms with Gasteiger partial charge in [0.15, 0.2) is 5.82 Å². The fourth-order valence-corrected chi connectivity index (χ4v) is 4.21. The summed E-state index contributed by atoms with van der Waals surface area (Å²) in [6, 6.07) is 10.3. The fourth-order valence-electron chi connectivity index (χ4n) is 3.57. The van der Waals surface area contributed by atoms with Crippen molar-refractivity contribution in [3.8, 4) is 11.4 Å². The van der Waals surface area contributed by atoms with E-state index >= 15 is 0 Å². The summed E-state index contributed by atoms with van der Waals surface area (Å²) in [5.74, 6) is 1.74. The number of nitrogens with zero attached hydrogens (tertiary/aromatic N) is 4. The molecule has 5 nitrogen and oxygen atoms in total. The second kappa shape index (κ2) is 8.78. The van der Waals surface area contributed by atoms with E-state index in [4.69, 9.17) is 9.97 Å². The average molecular weight is 382 g/mol. The van der Waals surface area contributed by atoms with Crippen molar-refractivity contribution in [3.63, 3.8) is 0 Å². The van der Waals surface area contributed by atoms with Crippen molar-refractivity contribution in [1.29, 1.82) is 0 Å². The number of thiophene rings is 1. The minimum absolute atomic E-state index is 0.799. The van der Waals surface area contributed by atoms with Gasteiger partial charge in [0.25, 0.3) is 0 Å². The van der Waals surface area contributed by atoms with Gasteiger partial charge in [0, 0.05) is 49.1 Å². The zero-order chi connectivity index (χ0) is 18.5. The van der Waals surface area contributed by atoms with Crippen LogP contribution in [0.15, 0.2) is 41.1 Å². The summed E-state index contributed by atoms with van der Waals surface area (Å²) in [7, 11) is 0. The third kappa shape index (κ3) is 4.46. The fraction of sp³-hybridized carbons (Fsp3) is 0.429. The number of rotatable bonds is 7. The lowest BCUT2D eigenvalue weighted by Gasteiger charge is -2.34. The number of benzene rings is 1. The molecule has 1 fully saturated rings. The summed E-state index contributed by atoms with van der Waals surface area (Å²) in [5, 5.41) is 8.83. The van der Waals surface area contributed by atoms with E-state index < -0.39 is 0 Å². The van der Waals surface area contributed by atoms with E-state index in [0.29, 0.717) is 0 Å². The maximum absolute atomic E-state index is 4.81. The molecule has 0 radical (unpaired) electrons. The van der Waals surface area contributed by atoms with Crippen LogP contribution in [-0.4, -0.2) is 65.6 Å². The van der Waals surface area contributed by atoms with Gasteiger partial charge >= 0.3 is 0 Å². The molecule has 3 aromatic rings. The largest absolute Gasteiger partial charge is 0.369 e. The molecule has 1 aliphatic heterocycles. The van der Waals surface area contributed by atoms with E-state index in [9.17, 15) is 0 Å². The van der Waals surface area contributed by atoms with Crippen LogP contribution >= 0.6 is 11.3 Å². The zero-order valence-corrected chi connectivity index (χ0v) is 16.7. The maximum Gasteiger partial charge on any atom is 0.162 e. The van der Waals surface area contributed by atoms with Crippen LogP contribution in [0.2, 0.25) is 0 Å². The predicted octanol–water partition coefficient (Wildman–Crippen LogP) is 3.80. The molecule has 0 saturated carbocycles. The second-order valence-electron chi connectivity index (χ2n) is 6.98. The number of piperazine rings is 1. The highest BCUT2D eigenvalue weighted by atomic mass is 32.1. The minimum atomic E-state index is 0.799. The molecule has 6 heteroatoms. The molecule has 1 aromatic carbocycles. The van der Waals surface area contributed by atoms with Crippen LogP contribution in [0, 0.1) is 0 Å². The Hall–Kier alpha value is -2.02. The van der Waals surface area contributed by atoms with Crippen LogP contribution in [0.4, 0.5) is 5.82 Å². The van der Waals surface area contributed by atoms with Crippen LogP contribution in [0.25, 0.3) is 22.3 Å². The van der Waals surface area contributed by atoms with Crippen molar-refractivity contribution in [1.82, 2.24) is 19.8 Å². The minimum Gasteiger partial charge on any atom is -0.369 e. The van der Waals surface area contributed by atoms with Crippen LogP contribution < -0.4 is 5.32 Å². The van der Waals surface area contributed by atoms with Gasteiger partial charge in [-0.2, -0.15) is 11.3 Å². The molecule has 1 saturated heterocycles. The number of anilines is 1. The lowest BCUT2D eigenvalue weighted by atomic mass is 10.2. The Kier molecular flexibility index (Phi) is 5.97. The molecule has 4 rings (SSSR count). The standard InChI is InChI=1S/C21H27N5S/c1-2-25-11-13-26(14-12-25)10-5-9-22-21-18-6-3-4-7-19(18)23-20(24-21)17-8-15-27-16-17/h3-4,6-8,15-16H,2,5,9-14H2,1H3,(H,22,23,24). The summed E-state index contributed by atoms with van der Waals surface area (Å²) < 4.78 is 0. The maximum atomic E-state index is 4.81. The van der Waals surface area contributed by atoms with Gasteiger partial charge in [-0.1, -0.05) is 19.1 Å². The molecule has 27 heavy (non-hydrogen) atoms. The second-order valence-corrected chi connectivity index (χ2v) is 7.76. The van der Waals surface area contributed by atoms with Gasteiger partial charge < -0.3 is 15.1 Å². The highest BCUT2D eigenvalue weighted by molar-refractivity contribution is 7.08. The summed E-state index contributed by atoms with van der Waals surface area (Å²) in [5.41, 5.74) is 2.08. The number of para-hydroxylation sites is 1. The van der Waals surface area contributed by atoms with Crippen molar-refractivity contribution in [2.45, 2.75) is 13.3 Å². The summed E-state index contributed by atoms with van der Waals surface area (Å²) in [4.78, 5) is 14.6. The number of likely N-dealkylation sites (N-methyl/N-ethyl adjacent to an activating group) is 1.